The van der Waals surface area contributed by atoms with Gasteiger partial charge in [0.15, 0.2) is 0 Å². The molecule has 1 saturated heterocycles. The van der Waals surface area contributed by atoms with Crippen LogP contribution < -0.4 is 4.90 Å². The van der Waals surface area contributed by atoms with E-state index in [1.54, 1.807) is 0 Å². The van der Waals surface area contributed by atoms with Gasteiger partial charge < -0.3 is 4.90 Å². The van der Waals surface area contributed by atoms with Crippen molar-refractivity contribution in [2.75, 3.05) is 18.0 Å². The van der Waals surface area contributed by atoms with Gasteiger partial charge >= 0.3 is 0 Å². The van der Waals surface area contributed by atoms with Gasteiger partial charge in [-0.05, 0) is 53.4 Å². The molecule has 106 valence electrons. The molecule has 2 rings (SSSR count). The van der Waals surface area contributed by atoms with Crippen LogP contribution in [0, 0.1) is 18.3 Å². The van der Waals surface area contributed by atoms with Crippen molar-refractivity contribution in [2.24, 2.45) is 11.3 Å². The van der Waals surface area contributed by atoms with Crippen LogP contribution in [0.4, 0.5) is 5.82 Å². The minimum atomic E-state index is 0.415. The van der Waals surface area contributed by atoms with Crippen LogP contribution in [0.25, 0.3) is 0 Å². The number of halogens is 1. The summed E-state index contributed by atoms with van der Waals surface area (Å²) in [6.07, 6.45) is 3.83. The van der Waals surface area contributed by atoms with Crippen LogP contribution in [-0.4, -0.2) is 23.1 Å². The second-order valence-corrected chi connectivity index (χ2v) is 7.39. The Labute approximate surface area is 125 Å². The lowest BCUT2D eigenvalue weighted by molar-refractivity contribution is 0.220. The number of hydrogen-bond acceptors (Lipinski definition) is 3. The smallest absolute Gasteiger partial charge is 0.133 e. The normalized spacial score (nSPS) is 21.3. The number of hydrogen-bond donors (Lipinski definition) is 0. The van der Waals surface area contributed by atoms with Gasteiger partial charge in [-0.3, -0.25) is 0 Å². The summed E-state index contributed by atoms with van der Waals surface area (Å²) in [5, 5.41) is 0. The number of anilines is 1. The van der Waals surface area contributed by atoms with Crippen LogP contribution in [0.3, 0.4) is 0 Å². The number of aromatic nitrogens is 2. The van der Waals surface area contributed by atoms with Crippen LogP contribution in [0.15, 0.2) is 10.7 Å². The Kier molecular flexibility index (Phi) is 4.49. The van der Waals surface area contributed by atoms with Crippen molar-refractivity contribution in [2.45, 2.75) is 47.0 Å². The van der Waals surface area contributed by atoms with Gasteiger partial charge in [-0.15, -0.1) is 0 Å². The maximum absolute atomic E-state index is 4.57. The molecule has 1 aliphatic rings. The Morgan fingerprint density at radius 1 is 1.21 bits per heavy atom. The van der Waals surface area contributed by atoms with E-state index in [0.29, 0.717) is 5.41 Å². The summed E-state index contributed by atoms with van der Waals surface area (Å²) in [5.41, 5.74) is 0.415. The van der Waals surface area contributed by atoms with E-state index in [4.69, 9.17) is 0 Å². The van der Waals surface area contributed by atoms with E-state index in [1.165, 1.54) is 19.3 Å². The molecule has 0 aromatic carbocycles. The van der Waals surface area contributed by atoms with Crippen LogP contribution >= 0.6 is 15.9 Å². The third-order valence-corrected chi connectivity index (χ3v) is 4.48. The second kappa shape index (κ2) is 5.78. The molecule has 19 heavy (non-hydrogen) atoms. The highest BCUT2D eigenvalue weighted by molar-refractivity contribution is 9.10. The molecule has 0 spiro atoms. The summed E-state index contributed by atoms with van der Waals surface area (Å²) in [6, 6.07) is 2.03. The molecule has 0 bridgehead atoms. The lowest BCUT2D eigenvalue weighted by Crippen LogP contribution is -2.27. The van der Waals surface area contributed by atoms with E-state index in [0.717, 1.165) is 35.3 Å². The molecule has 0 radical (unpaired) electrons. The first-order chi connectivity index (χ1) is 8.86. The van der Waals surface area contributed by atoms with E-state index in [9.17, 15) is 0 Å². The molecule has 3 nitrogen and oxygen atoms in total. The Bertz CT molecular complexity index is 419. The van der Waals surface area contributed by atoms with E-state index in [1.807, 2.05) is 13.0 Å². The number of rotatable bonds is 1. The molecule has 4 heteroatoms. The van der Waals surface area contributed by atoms with Gasteiger partial charge in [-0.1, -0.05) is 20.8 Å². The first-order valence-electron chi connectivity index (χ1n) is 7.12. The Balaban J connectivity index is 2.11. The Morgan fingerprint density at radius 3 is 2.58 bits per heavy atom. The largest absolute Gasteiger partial charge is 0.356 e. The molecule has 1 aromatic heterocycles. The van der Waals surface area contributed by atoms with E-state index in [2.05, 4.69) is 51.6 Å². The fourth-order valence-electron chi connectivity index (χ4n) is 2.87. The predicted molar refractivity (Wildman–Crippen MR) is 83.5 cm³/mol. The van der Waals surface area contributed by atoms with Gasteiger partial charge in [0, 0.05) is 19.2 Å². The van der Waals surface area contributed by atoms with Gasteiger partial charge in [0.25, 0.3) is 0 Å². The molecule has 1 unspecified atom stereocenters. The van der Waals surface area contributed by atoms with Crippen molar-refractivity contribution < 1.29 is 0 Å². The van der Waals surface area contributed by atoms with Crippen LogP contribution in [0.1, 0.15) is 45.9 Å². The Hall–Kier alpha value is -0.640. The molecule has 2 heterocycles. The molecule has 0 N–H and O–H groups in total. The first kappa shape index (κ1) is 14.8. The maximum atomic E-state index is 4.57. The monoisotopic (exact) mass is 325 g/mol. The summed E-state index contributed by atoms with van der Waals surface area (Å²) in [4.78, 5) is 11.3. The van der Waals surface area contributed by atoms with Crippen LogP contribution in [0.2, 0.25) is 0 Å². The average Bonchev–Trinajstić information content (AvgIpc) is 2.52. The van der Waals surface area contributed by atoms with Crippen molar-refractivity contribution in [3.05, 3.63) is 16.5 Å². The van der Waals surface area contributed by atoms with Gasteiger partial charge in [0.05, 0.1) is 0 Å². The number of aryl methyl sites for hydroxylation is 1. The summed E-state index contributed by atoms with van der Waals surface area (Å²) in [7, 11) is 0. The molecule has 0 amide bonds. The summed E-state index contributed by atoms with van der Waals surface area (Å²) < 4.78 is 0.881. The third kappa shape index (κ3) is 3.91. The van der Waals surface area contributed by atoms with E-state index < -0.39 is 0 Å². The standard InChI is InChI=1S/C15H24BrN3/c1-11-17-13(16)10-14(18-11)19-8-5-6-12(7-9-19)15(2,3)4/h10,12H,5-9H2,1-4H3. The maximum Gasteiger partial charge on any atom is 0.133 e. The highest BCUT2D eigenvalue weighted by atomic mass is 79.9. The highest BCUT2D eigenvalue weighted by Crippen LogP contribution is 2.35. The SMILES string of the molecule is Cc1nc(Br)cc(N2CCCC(C(C)(C)C)CC2)n1. The van der Waals surface area contributed by atoms with Crippen molar-refractivity contribution in [1.82, 2.24) is 9.97 Å². The molecule has 1 aliphatic heterocycles. The summed E-state index contributed by atoms with van der Waals surface area (Å²) in [6.45, 7) is 11.2. The lowest BCUT2D eigenvalue weighted by Gasteiger charge is -2.30. The van der Waals surface area contributed by atoms with Gasteiger partial charge in [-0.25, -0.2) is 9.97 Å². The first-order valence-corrected chi connectivity index (χ1v) is 7.91. The van der Waals surface area contributed by atoms with Crippen molar-refractivity contribution in [3.63, 3.8) is 0 Å². The zero-order valence-corrected chi connectivity index (χ0v) is 14.0. The van der Waals surface area contributed by atoms with Gasteiger partial charge in [-0.2, -0.15) is 0 Å². The van der Waals surface area contributed by atoms with Crippen molar-refractivity contribution in [1.29, 1.82) is 0 Å². The van der Waals surface area contributed by atoms with Gasteiger partial charge in [0.1, 0.15) is 16.2 Å². The fourth-order valence-corrected chi connectivity index (χ4v) is 3.33. The van der Waals surface area contributed by atoms with Crippen molar-refractivity contribution in [3.8, 4) is 0 Å². The van der Waals surface area contributed by atoms with Gasteiger partial charge in [0.2, 0.25) is 0 Å². The lowest BCUT2D eigenvalue weighted by atomic mass is 9.77. The quantitative estimate of drug-likeness (QED) is 0.724. The molecule has 0 saturated carbocycles. The van der Waals surface area contributed by atoms with E-state index >= 15 is 0 Å². The van der Waals surface area contributed by atoms with Crippen LogP contribution in [0.5, 0.6) is 0 Å². The average molecular weight is 326 g/mol. The molecule has 1 fully saturated rings. The zero-order valence-electron chi connectivity index (χ0n) is 12.4. The molecular weight excluding hydrogens is 302 g/mol. The third-order valence-electron chi connectivity index (χ3n) is 4.07. The summed E-state index contributed by atoms with van der Waals surface area (Å²) >= 11 is 3.46. The highest BCUT2D eigenvalue weighted by Gasteiger charge is 2.27. The minimum Gasteiger partial charge on any atom is -0.356 e. The van der Waals surface area contributed by atoms with Crippen LogP contribution in [-0.2, 0) is 0 Å². The predicted octanol–water partition coefficient (Wildman–Crippen LogP) is 4.20. The molecular formula is C15H24BrN3. The minimum absolute atomic E-state index is 0.415. The Morgan fingerprint density at radius 2 is 1.95 bits per heavy atom. The van der Waals surface area contributed by atoms with E-state index in [-0.39, 0.29) is 0 Å². The topological polar surface area (TPSA) is 29.0 Å². The zero-order chi connectivity index (χ0) is 14.0. The second-order valence-electron chi connectivity index (χ2n) is 6.58. The molecule has 1 aromatic rings. The molecule has 1 atom stereocenters. The number of nitrogens with zero attached hydrogens (tertiary/aromatic N) is 3. The fraction of sp³-hybridized carbons (Fsp3) is 0.733. The summed E-state index contributed by atoms with van der Waals surface area (Å²) in [5.74, 6) is 2.71. The molecule has 0 aliphatic carbocycles. The van der Waals surface area contributed by atoms with Crippen molar-refractivity contribution >= 4 is 21.7 Å².